The maximum atomic E-state index is 9.39. The Kier molecular flexibility index (Phi) is 4.25. The van der Waals surface area contributed by atoms with Crippen molar-refractivity contribution in [2.24, 2.45) is 0 Å². The topological polar surface area (TPSA) is 45.6 Å². The van der Waals surface area contributed by atoms with Crippen molar-refractivity contribution in [1.82, 2.24) is 4.98 Å². The van der Waals surface area contributed by atoms with Gasteiger partial charge in [-0.25, -0.2) is 4.98 Å². The largest absolute Gasteiger partial charge is 0.394 e. The van der Waals surface area contributed by atoms with Gasteiger partial charge in [0.2, 0.25) is 0 Å². The lowest BCUT2D eigenvalue weighted by molar-refractivity contribution is 0.115. The average molecular weight is 322 g/mol. The van der Waals surface area contributed by atoms with Crippen LogP contribution in [0.15, 0.2) is 16.7 Å². The first-order valence-electron chi connectivity index (χ1n) is 5.37. The maximum absolute atomic E-state index is 9.39. The second-order valence-corrected chi connectivity index (χ2v) is 5.33. The Bertz CT molecular complexity index is 405. The first-order chi connectivity index (χ1) is 8.15. The number of anilines is 1. The lowest BCUT2D eigenvalue weighted by atomic mass is 10.2. The molecule has 0 aliphatic carbocycles. The highest BCUT2D eigenvalue weighted by atomic mass is 79.9. The molecule has 2 atom stereocenters. The van der Waals surface area contributed by atoms with Crippen molar-refractivity contribution in [2.75, 3.05) is 25.2 Å². The number of aliphatic hydroxyl groups is 1. The summed E-state index contributed by atoms with van der Waals surface area (Å²) in [5.41, 5.74) is 0. The monoisotopic (exact) mass is 320 g/mol. The van der Waals surface area contributed by atoms with Gasteiger partial charge in [-0.15, -0.1) is 0 Å². The molecule has 0 amide bonds. The Balaban J connectivity index is 2.26. The summed E-state index contributed by atoms with van der Waals surface area (Å²) in [7, 11) is 1.69. The van der Waals surface area contributed by atoms with E-state index < -0.39 is 0 Å². The Hall–Kier alpha value is -0.360. The smallest absolute Gasteiger partial charge is 0.143 e. The molecule has 6 heteroatoms. The summed E-state index contributed by atoms with van der Waals surface area (Å²) in [5.74, 6) is 0.799. The third-order valence-electron chi connectivity index (χ3n) is 2.98. The van der Waals surface area contributed by atoms with Crippen molar-refractivity contribution in [1.29, 1.82) is 0 Å². The highest BCUT2D eigenvalue weighted by Crippen LogP contribution is 2.32. The SMILES string of the molecule is CO[C@H]1C[C@@H](CO)N(c2ncc(Cl)cc2Br)C1. The van der Waals surface area contributed by atoms with Crippen LogP contribution in [-0.4, -0.2) is 42.5 Å². The van der Waals surface area contributed by atoms with Gasteiger partial charge in [0.05, 0.1) is 28.2 Å². The van der Waals surface area contributed by atoms with Gasteiger partial charge in [-0.2, -0.15) is 0 Å². The molecule has 1 fully saturated rings. The summed E-state index contributed by atoms with van der Waals surface area (Å²) >= 11 is 9.31. The standard InChI is InChI=1S/C11H14BrClN2O2/c1-17-9-3-8(6-16)15(5-9)11-10(12)2-7(13)4-14-11/h2,4,8-9,16H,3,5-6H2,1H3/t8-,9-/m0/s1. The van der Waals surface area contributed by atoms with Gasteiger partial charge in [-0.05, 0) is 28.4 Å². The molecule has 0 bridgehead atoms. The molecule has 1 aliphatic heterocycles. The minimum absolute atomic E-state index is 0.0462. The van der Waals surface area contributed by atoms with E-state index in [4.69, 9.17) is 16.3 Å². The van der Waals surface area contributed by atoms with Gasteiger partial charge in [0.1, 0.15) is 5.82 Å². The number of ether oxygens (including phenoxy) is 1. The van der Waals surface area contributed by atoms with Gasteiger partial charge in [0.25, 0.3) is 0 Å². The Labute approximate surface area is 114 Å². The lowest BCUT2D eigenvalue weighted by Gasteiger charge is -2.24. The van der Waals surface area contributed by atoms with Crippen LogP contribution < -0.4 is 4.90 Å². The summed E-state index contributed by atoms with van der Waals surface area (Å²) in [5, 5.41) is 9.98. The van der Waals surface area contributed by atoms with Crippen LogP contribution in [0.2, 0.25) is 5.02 Å². The Morgan fingerprint density at radius 3 is 3.06 bits per heavy atom. The van der Waals surface area contributed by atoms with Gasteiger partial charge in [0.15, 0.2) is 0 Å². The number of hydrogen-bond acceptors (Lipinski definition) is 4. The Morgan fingerprint density at radius 1 is 1.71 bits per heavy atom. The minimum atomic E-state index is 0.0462. The maximum Gasteiger partial charge on any atom is 0.143 e. The number of aliphatic hydroxyl groups excluding tert-OH is 1. The number of halogens is 2. The van der Waals surface area contributed by atoms with Crippen molar-refractivity contribution < 1.29 is 9.84 Å². The van der Waals surface area contributed by atoms with Gasteiger partial charge in [-0.3, -0.25) is 0 Å². The van der Waals surface area contributed by atoms with E-state index in [-0.39, 0.29) is 18.8 Å². The molecule has 1 saturated heterocycles. The molecule has 1 aromatic heterocycles. The first-order valence-corrected chi connectivity index (χ1v) is 6.54. The number of aromatic nitrogens is 1. The van der Waals surface area contributed by atoms with E-state index in [0.29, 0.717) is 5.02 Å². The molecule has 0 radical (unpaired) electrons. The minimum Gasteiger partial charge on any atom is -0.394 e. The molecule has 0 saturated carbocycles. The Morgan fingerprint density at radius 2 is 2.47 bits per heavy atom. The van der Waals surface area contributed by atoms with Crippen LogP contribution in [0, 0.1) is 0 Å². The summed E-state index contributed by atoms with van der Waals surface area (Å²) < 4.78 is 6.17. The highest BCUT2D eigenvalue weighted by molar-refractivity contribution is 9.10. The molecule has 94 valence electrons. The predicted octanol–water partition coefficient (Wildman–Crippen LogP) is 2.08. The van der Waals surface area contributed by atoms with Gasteiger partial charge in [0, 0.05) is 19.9 Å². The third-order valence-corrected chi connectivity index (χ3v) is 3.77. The van der Waals surface area contributed by atoms with E-state index in [1.807, 2.05) is 0 Å². The van der Waals surface area contributed by atoms with Gasteiger partial charge >= 0.3 is 0 Å². The molecule has 0 unspecified atom stereocenters. The first kappa shape index (κ1) is 13.1. The normalized spacial score (nSPS) is 24.4. The fourth-order valence-corrected chi connectivity index (χ4v) is 2.96. The number of methoxy groups -OCH3 is 1. The van der Waals surface area contributed by atoms with Crippen LogP contribution in [0.3, 0.4) is 0 Å². The van der Waals surface area contributed by atoms with Crippen molar-refractivity contribution >= 4 is 33.3 Å². The highest BCUT2D eigenvalue weighted by Gasteiger charge is 2.33. The van der Waals surface area contributed by atoms with Crippen molar-refractivity contribution in [3.63, 3.8) is 0 Å². The number of pyridine rings is 1. The van der Waals surface area contributed by atoms with Gasteiger partial charge in [-0.1, -0.05) is 11.6 Å². The second kappa shape index (κ2) is 5.52. The molecule has 2 heterocycles. The molecule has 2 rings (SSSR count). The molecule has 0 aromatic carbocycles. The van der Waals surface area contributed by atoms with Crippen LogP contribution in [0.25, 0.3) is 0 Å². The fourth-order valence-electron chi connectivity index (χ4n) is 2.10. The van der Waals surface area contributed by atoms with Crippen molar-refractivity contribution in [2.45, 2.75) is 18.6 Å². The molecule has 1 N–H and O–H groups in total. The van der Waals surface area contributed by atoms with Crippen molar-refractivity contribution in [3.8, 4) is 0 Å². The second-order valence-electron chi connectivity index (χ2n) is 4.04. The van der Waals surface area contributed by atoms with Gasteiger partial charge < -0.3 is 14.7 Å². The van der Waals surface area contributed by atoms with Crippen LogP contribution >= 0.6 is 27.5 Å². The summed E-state index contributed by atoms with van der Waals surface area (Å²) in [6.45, 7) is 0.825. The average Bonchev–Trinajstić information content (AvgIpc) is 2.72. The van der Waals surface area contributed by atoms with Crippen molar-refractivity contribution in [3.05, 3.63) is 21.8 Å². The zero-order valence-electron chi connectivity index (χ0n) is 9.44. The molecule has 1 aromatic rings. The fraction of sp³-hybridized carbons (Fsp3) is 0.545. The van der Waals surface area contributed by atoms with Crippen LogP contribution in [0.5, 0.6) is 0 Å². The molecular formula is C11H14BrClN2O2. The lowest BCUT2D eigenvalue weighted by Crippen LogP contribution is -2.33. The zero-order chi connectivity index (χ0) is 12.4. The molecule has 1 aliphatic rings. The van der Waals surface area contributed by atoms with E-state index in [1.54, 1.807) is 19.4 Å². The molecular weight excluding hydrogens is 307 g/mol. The summed E-state index contributed by atoms with van der Waals surface area (Å²) in [6.07, 6.45) is 2.55. The molecule has 4 nitrogen and oxygen atoms in total. The summed E-state index contributed by atoms with van der Waals surface area (Å²) in [4.78, 5) is 6.36. The van der Waals surface area contributed by atoms with Crippen LogP contribution in [0.1, 0.15) is 6.42 Å². The van der Waals surface area contributed by atoms with E-state index in [1.165, 1.54) is 0 Å². The summed E-state index contributed by atoms with van der Waals surface area (Å²) in [6, 6.07) is 1.85. The zero-order valence-corrected chi connectivity index (χ0v) is 11.8. The third kappa shape index (κ3) is 2.73. The van der Waals surface area contributed by atoms with E-state index in [9.17, 15) is 5.11 Å². The van der Waals surface area contributed by atoms with E-state index in [0.717, 1.165) is 23.3 Å². The number of rotatable bonds is 3. The molecule has 0 spiro atoms. The van der Waals surface area contributed by atoms with Crippen LogP contribution in [-0.2, 0) is 4.74 Å². The van der Waals surface area contributed by atoms with E-state index in [2.05, 4.69) is 25.8 Å². The van der Waals surface area contributed by atoms with E-state index >= 15 is 0 Å². The number of hydrogen-bond donors (Lipinski definition) is 1. The number of nitrogens with zero attached hydrogens (tertiary/aromatic N) is 2. The predicted molar refractivity (Wildman–Crippen MR) is 70.6 cm³/mol. The molecule has 17 heavy (non-hydrogen) atoms. The quantitative estimate of drug-likeness (QED) is 0.926. The van der Waals surface area contributed by atoms with Crippen LogP contribution in [0.4, 0.5) is 5.82 Å².